The summed E-state index contributed by atoms with van der Waals surface area (Å²) in [7, 11) is 2.02. The van der Waals surface area contributed by atoms with Crippen molar-refractivity contribution < 1.29 is 9.53 Å². The second-order valence-electron chi connectivity index (χ2n) is 5.50. The number of hydrogen-bond acceptors (Lipinski definition) is 4. The standard InChI is InChI=1S/C15H19N3O2/c1-10-4-3-5-12-15(10)17-13(16-12)9-18(2)8-11-6-7-14(19)20-11/h3-5,11H,6-9H2,1-2H3,(H,16,17). The summed E-state index contributed by atoms with van der Waals surface area (Å²) in [6, 6.07) is 6.13. The Morgan fingerprint density at radius 2 is 2.35 bits per heavy atom. The van der Waals surface area contributed by atoms with Crippen LogP contribution in [-0.4, -0.2) is 40.5 Å². The summed E-state index contributed by atoms with van der Waals surface area (Å²) >= 11 is 0. The third-order valence-corrected chi connectivity index (χ3v) is 3.67. The second-order valence-corrected chi connectivity index (χ2v) is 5.50. The molecule has 20 heavy (non-hydrogen) atoms. The largest absolute Gasteiger partial charge is 0.461 e. The van der Waals surface area contributed by atoms with Crippen LogP contribution in [0.3, 0.4) is 0 Å². The molecule has 106 valence electrons. The maximum Gasteiger partial charge on any atom is 0.306 e. The predicted molar refractivity (Wildman–Crippen MR) is 76.3 cm³/mol. The van der Waals surface area contributed by atoms with E-state index in [0.29, 0.717) is 6.42 Å². The molecule has 1 fully saturated rings. The lowest BCUT2D eigenvalue weighted by Crippen LogP contribution is -2.29. The van der Waals surface area contributed by atoms with E-state index in [9.17, 15) is 4.79 Å². The molecule has 1 N–H and O–H groups in total. The topological polar surface area (TPSA) is 58.2 Å². The Kier molecular flexibility index (Phi) is 3.44. The summed E-state index contributed by atoms with van der Waals surface area (Å²) in [4.78, 5) is 21.2. The number of aromatic nitrogens is 2. The van der Waals surface area contributed by atoms with Crippen LogP contribution in [-0.2, 0) is 16.1 Å². The molecule has 1 saturated heterocycles. The predicted octanol–water partition coefficient (Wildman–Crippen LogP) is 2.01. The van der Waals surface area contributed by atoms with Crippen molar-refractivity contribution in [3.63, 3.8) is 0 Å². The van der Waals surface area contributed by atoms with E-state index in [1.54, 1.807) is 0 Å². The molecule has 1 aromatic heterocycles. The lowest BCUT2D eigenvalue weighted by atomic mass is 10.2. The summed E-state index contributed by atoms with van der Waals surface area (Å²) in [5, 5.41) is 0. The number of carbonyl (C=O) groups excluding carboxylic acids is 1. The normalized spacial score (nSPS) is 18.9. The monoisotopic (exact) mass is 273 g/mol. The first-order chi connectivity index (χ1) is 9.61. The van der Waals surface area contributed by atoms with Gasteiger partial charge in [-0.05, 0) is 32.0 Å². The van der Waals surface area contributed by atoms with Gasteiger partial charge in [0.1, 0.15) is 11.9 Å². The van der Waals surface area contributed by atoms with Crippen LogP contribution in [0, 0.1) is 6.92 Å². The van der Waals surface area contributed by atoms with Crippen LogP contribution in [0.1, 0.15) is 24.2 Å². The van der Waals surface area contributed by atoms with Crippen LogP contribution in [0.15, 0.2) is 18.2 Å². The average molecular weight is 273 g/mol. The SMILES string of the molecule is Cc1cccc2[nH]c(CN(C)CC3CCC(=O)O3)nc12. The van der Waals surface area contributed by atoms with Crippen LogP contribution in [0.2, 0.25) is 0 Å². The Morgan fingerprint density at radius 3 is 3.05 bits per heavy atom. The molecule has 5 nitrogen and oxygen atoms in total. The van der Waals surface area contributed by atoms with Crippen molar-refractivity contribution in [2.45, 2.75) is 32.4 Å². The molecule has 3 rings (SSSR count). The first-order valence-electron chi connectivity index (χ1n) is 6.94. The number of likely N-dealkylation sites (N-methyl/N-ethyl adjacent to an activating group) is 1. The van der Waals surface area contributed by atoms with Crippen LogP contribution in [0.5, 0.6) is 0 Å². The van der Waals surface area contributed by atoms with Gasteiger partial charge >= 0.3 is 5.97 Å². The number of para-hydroxylation sites is 1. The number of rotatable bonds is 4. The van der Waals surface area contributed by atoms with Crippen molar-refractivity contribution in [2.75, 3.05) is 13.6 Å². The average Bonchev–Trinajstić information content (AvgIpc) is 2.96. The summed E-state index contributed by atoms with van der Waals surface area (Å²) in [5.74, 6) is 0.865. The number of ether oxygens (including phenoxy) is 1. The van der Waals surface area contributed by atoms with Gasteiger partial charge in [-0.15, -0.1) is 0 Å². The molecule has 0 spiro atoms. The number of fused-ring (bicyclic) bond motifs is 1. The number of aromatic amines is 1. The maximum absolute atomic E-state index is 11.1. The molecule has 2 heterocycles. The minimum atomic E-state index is -0.0808. The number of H-pyrrole nitrogens is 1. The minimum absolute atomic E-state index is 0.0265. The van der Waals surface area contributed by atoms with Crippen LogP contribution >= 0.6 is 0 Å². The van der Waals surface area contributed by atoms with E-state index in [-0.39, 0.29) is 12.1 Å². The van der Waals surface area contributed by atoms with Gasteiger partial charge in [0.15, 0.2) is 0 Å². The number of hydrogen-bond donors (Lipinski definition) is 1. The summed E-state index contributed by atoms with van der Waals surface area (Å²) < 4.78 is 5.24. The van der Waals surface area contributed by atoms with Gasteiger partial charge in [-0.3, -0.25) is 9.69 Å². The lowest BCUT2D eigenvalue weighted by Gasteiger charge is -2.18. The van der Waals surface area contributed by atoms with E-state index < -0.39 is 0 Å². The Labute approximate surface area is 117 Å². The molecule has 1 aliphatic heterocycles. The Balaban J connectivity index is 1.66. The summed E-state index contributed by atoms with van der Waals surface area (Å²) in [6.45, 7) is 3.54. The second kappa shape index (κ2) is 5.25. The van der Waals surface area contributed by atoms with Crippen LogP contribution < -0.4 is 0 Å². The number of imidazole rings is 1. The van der Waals surface area contributed by atoms with Crippen molar-refractivity contribution in [3.8, 4) is 0 Å². The molecule has 1 aliphatic rings. The van der Waals surface area contributed by atoms with Crippen molar-refractivity contribution in [2.24, 2.45) is 0 Å². The Morgan fingerprint density at radius 1 is 1.50 bits per heavy atom. The van der Waals surface area contributed by atoms with E-state index in [4.69, 9.17) is 4.74 Å². The highest BCUT2D eigenvalue weighted by molar-refractivity contribution is 5.78. The van der Waals surface area contributed by atoms with Crippen molar-refractivity contribution in [1.29, 1.82) is 0 Å². The lowest BCUT2D eigenvalue weighted by molar-refractivity contribution is -0.141. The molecule has 1 unspecified atom stereocenters. The van der Waals surface area contributed by atoms with Gasteiger partial charge in [0, 0.05) is 13.0 Å². The highest BCUT2D eigenvalue weighted by Gasteiger charge is 2.24. The van der Waals surface area contributed by atoms with Crippen LogP contribution in [0.25, 0.3) is 11.0 Å². The molecule has 0 bridgehead atoms. The quantitative estimate of drug-likeness (QED) is 0.866. The van der Waals surface area contributed by atoms with E-state index in [0.717, 1.165) is 36.4 Å². The molecule has 0 saturated carbocycles. The van der Waals surface area contributed by atoms with E-state index in [2.05, 4.69) is 27.9 Å². The number of benzene rings is 1. The fraction of sp³-hybridized carbons (Fsp3) is 0.467. The van der Waals surface area contributed by atoms with E-state index in [1.165, 1.54) is 5.56 Å². The minimum Gasteiger partial charge on any atom is -0.461 e. The molecule has 0 amide bonds. The Bertz CT molecular complexity index is 635. The van der Waals surface area contributed by atoms with Crippen molar-refractivity contribution in [1.82, 2.24) is 14.9 Å². The zero-order chi connectivity index (χ0) is 14.1. The number of cyclic esters (lactones) is 1. The maximum atomic E-state index is 11.1. The third kappa shape index (κ3) is 2.67. The number of carbonyl (C=O) groups is 1. The smallest absolute Gasteiger partial charge is 0.306 e. The first kappa shape index (κ1) is 13.1. The van der Waals surface area contributed by atoms with E-state index >= 15 is 0 Å². The third-order valence-electron chi connectivity index (χ3n) is 3.67. The van der Waals surface area contributed by atoms with Gasteiger partial charge in [-0.2, -0.15) is 0 Å². The van der Waals surface area contributed by atoms with Gasteiger partial charge in [-0.25, -0.2) is 4.98 Å². The fourth-order valence-corrected chi connectivity index (χ4v) is 2.68. The molecular weight excluding hydrogens is 254 g/mol. The number of aryl methyl sites for hydroxylation is 1. The summed E-state index contributed by atoms with van der Waals surface area (Å²) in [6.07, 6.45) is 1.39. The van der Waals surface area contributed by atoms with Crippen molar-refractivity contribution in [3.05, 3.63) is 29.6 Å². The van der Waals surface area contributed by atoms with E-state index in [1.807, 2.05) is 19.2 Å². The molecule has 5 heteroatoms. The van der Waals surface area contributed by atoms with Gasteiger partial charge in [0.2, 0.25) is 0 Å². The molecular formula is C15H19N3O2. The molecule has 0 aliphatic carbocycles. The van der Waals surface area contributed by atoms with Gasteiger partial charge in [0.05, 0.1) is 17.6 Å². The number of nitrogens with one attached hydrogen (secondary N) is 1. The first-order valence-corrected chi connectivity index (χ1v) is 6.94. The molecule has 0 radical (unpaired) electrons. The number of nitrogens with zero attached hydrogens (tertiary/aromatic N) is 2. The zero-order valence-corrected chi connectivity index (χ0v) is 11.8. The van der Waals surface area contributed by atoms with Gasteiger partial charge < -0.3 is 9.72 Å². The number of esters is 1. The molecule has 1 aromatic carbocycles. The van der Waals surface area contributed by atoms with Crippen LogP contribution in [0.4, 0.5) is 0 Å². The van der Waals surface area contributed by atoms with Crippen molar-refractivity contribution >= 4 is 17.0 Å². The fourth-order valence-electron chi connectivity index (χ4n) is 2.68. The zero-order valence-electron chi connectivity index (χ0n) is 11.8. The van der Waals surface area contributed by atoms with Gasteiger partial charge in [0.25, 0.3) is 0 Å². The highest BCUT2D eigenvalue weighted by Crippen LogP contribution is 2.18. The Hall–Kier alpha value is -1.88. The summed E-state index contributed by atoms with van der Waals surface area (Å²) in [5.41, 5.74) is 3.28. The van der Waals surface area contributed by atoms with Gasteiger partial charge in [-0.1, -0.05) is 12.1 Å². The molecule has 2 aromatic rings. The molecule has 1 atom stereocenters. The highest BCUT2D eigenvalue weighted by atomic mass is 16.5.